The van der Waals surface area contributed by atoms with Crippen LogP contribution in [-0.2, 0) is 17.8 Å². The van der Waals surface area contributed by atoms with Gasteiger partial charge in [-0.1, -0.05) is 18.2 Å². The van der Waals surface area contributed by atoms with Crippen LogP contribution in [0.4, 0.5) is 10.5 Å². The summed E-state index contributed by atoms with van der Waals surface area (Å²) in [5, 5.41) is 5.63. The number of aryl methyl sites for hydroxylation is 1. The van der Waals surface area contributed by atoms with E-state index in [0.717, 1.165) is 18.5 Å². The maximum absolute atomic E-state index is 12.0. The highest BCUT2D eigenvalue weighted by Crippen LogP contribution is 2.16. The van der Waals surface area contributed by atoms with Crippen molar-refractivity contribution >= 4 is 17.6 Å². The summed E-state index contributed by atoms with van der Waals surface area (Å²) in [6.07, 6.45) is 6.43. The third kappa shape index (κ3) is 5.42. The van der Waals surface area contributed by atoms with Crippen LogP contribution in [0.3, 0.4) is 0 Å². The lowest BCUT2D eigenvalue weighted by atomic mass is 10.1. The average Bonchev–Trinajstić information content (AvgIpc) is 3.06. The monoisotopic (exact) mass is 329 g/mol. The smallest absolute Gasteiger partial charge is 0.319 e. The van der Waals surface area contributed by atoms with Gasteiger partial charge < -0.3 is 20.1 Å². The molecule has 2 N–H and O–H groups in total. The van der Waals surface area contributed by atoms with Crippen LogP contribution in [0.15, 0.2) is 43.0 Å². The summed E-state index contributed by atoms with van der Waals surface area (Å²) in [5.74, 6) is -0.00927. The maximum atomic E-state index is 12.0. The predicted molar refractivity (Wildman–Crippen MR) is 92.7 cm³/mol. The third-order valence-corrected chi connectivity index (χ3v) is 3.54. The lowest BCUT2D eigenvalue weighted by Gasteiger charge is -2.14. The van der Waals surface area contributed by atoms with E-state index in [2.05, 4.69) is 15.6 Å². The number of benzene rings is 1. The number of para-hydroxylation sites is 1. The van der Waals surface area contributed by atoms with E-state index in [-0.39, 0.29) is 18.4 Å². The zero-order chi connectivity index (χ0) is 17.4. The number of hydrogen-bond donors (Lipinski definition) is 2. The van der Waals surface area contributed by atoms with Gasteiger partial charge in [0.1, 0.15) is 0 Å². The molecule has 24 heavy (non-hydrogen) atoms. The van der Waals surface area contributed by atoms with Crippen LogP contribution in [0.2, 0.25) is 0 Å². The van der Waals surface area contributed by atoms with Crippen molar-refractivity contribution in [2.24, 2.45) is 0 Å². The fourth-order valence-corrected chi connectivity index (χ4v) is 2.17. The molecule has 0 aliphatic rings. The number of aromatic nitrogens is 2. The minimum atomic E-state index is -0.273. The third-order valence-electron chi connectivity index (χ3n) is 3.54. The fourth-order valence-electron chi connectivity index (χ4n) is 2.17. The number of nitrogens with one attached hydrogen (secondary N) is 2. The van der Waals surface area contributed by atoms with Crippen molar-refractivity contribution in [3.8, 4) is 0 Å². The number of hydrogen-bond acceptors (Lipinski definition) is 3. The second-order valence-corrected chi connectivity index (χ2v) is 5.66. The van der Waals surface area contributed by atoms with Crippen LogP contribution in [-0.4, -0.2) is 47.0 Å². The van der Waals surface area contributed by atoms with Crippen molar-refractivity contribution in [2.45, 2.75) is 19.4 Å². The van der Waals surface area contributed by atoms with Gasteiger partial charge in [-0.25, -0.2) is 9.78 Å². The number of amides is 3. The minimum Gasteiger partial charge on any atom is -0.349 e. The summed E-state index contributed by atoms with van der Waals surface area (Å²) in [5.41, 5.74) is 1.45. The molecule has 0 saturated heterocycles. The first-order valence-electron chi connectivity index (χ1n) is 7.85. The number of imidazole rings is 1. The molecule has 7 nitrogen and oxygen atoms in total. The van der Waals surface area contributed by atoms with E-state index in [1.54, 1.807) is 32.7 Å². The van der Waals surface area contributed by atoms with Crippen LogP contribution in [0, 0.1) is 0 Å². The normalized spacial score (nSPS) is 10.2. The minimum absolute atomic E-state index is 0.00927. The topological polar surface area (TPSA) is 79.3 Å². The van der Waals surface area contributed by atoms with Gasteiger partial charge in [0.25, 0.3) is 0 Å². The predicted octanol–water partition coefficient (Wildman–Crippen LogP) is 1.73. The first-order chi connectivity index (χ1) is 11.6. The van der Waals surface area contributed by atoms with Crippen LogP contribution in [0.25, 0.3) is 0 Å². The SMILES string of the molecule is CN(C)C(=O)Cc1ccccc1NC(=O)NCCCn1ccnc1. The van der Waals surface area contributed by atoms with E-state index < -0.39 is 0 Å². The van der Waals surface area contributed by atoms with E-state index >= 15 is 0 Å². The number of anilines is 1. The van der Waals surface area contributed by atoms with Crippen molar-refractivity contribution in [1.29, 1.82) is 0 Å². The lowest BCUT2D eigenvalue weighted by Crippen LogP contribution is -2.31. The summed E-state index contributed by atoms with van der Waals surface area (Å²) in [7, 11) is 3.43. The molecular weight excluding hydrogens is 306 g/mol. The Bertz CT molecular complexity index is 667. The molecule has 2 aromatic rings. The van der Waals surface area contributed by atoms with Crippen molar-refractivity contribution in [1.82, 2.24) is 19.8 Å². The molecule has 0 unspecified atom stereocenters. The van der Waals surface area contributed by atoms with E-state index in [9.17, 15) is 9.59 Å². The molecule has 128 valence electrons. The molecule has 2 rings (SSSR count). The van der Waals surface area contributed by atoms with Crippen LogP contribution in [0.1, 0.15) is 12.0 Å². The number of urea groups is 1. The molecular formula is C17H23N5O2. The van der Waals surface area contributed by atoms with Gasteiger partial charge in [-0.3, -0.25) is 4.79 Å². The molecule has 0 saturated carbocycles. The molecule has 3 amide bonds. The van der Waals surface area contributed by atoms with E-state index in [1.165, 1.54) is 4.90 Å². The summed E-state index contributed by atoms with van der Waals surface area (Å²) in [6.45, 7) is 1.36. The Hall–Kier alpha value is -2.83. The summed E-state index contributed by atoms with van der Waals surface area (Å²) < 4.78 is 1.96. The Kier molecular flexibility index (Phi) is 6.36. The van der Waals surface area contributed by atoms with Gasteiger partial charge in [0.15, 0.2) is 0 Å². The fraction of sp³-hybridized carbons (Fsp3) is 0.353. The highest BCUT2D eigenvalue weighted by Gasteiger charge is 2.11. The Labute approximate surface area is 141 Å². The molecule has 1 aromatic carbocycles. The number of carbonyl (C=O) groups is 2. The second-order valence-electron chi connectivity index (χ2n) is 5.66. The van der Waals surface area contributed by atoms with Gasteiger partial charge in [-0.05, 0) is 18.1 Å². The van der Waals surface area contributed by atoms with Gasteiger partial charge in [-0.15, -0.1) is 0 Å². The Balaban J connectivity index is 1.81. The molecule has 0 atom stereocenters. The van der Waals surface area contributed by atoms with E-state index in [1.807, 2.05) is 29.0 Å². The van der Waals surface area contributed by atoms with Crippen LogP contribution in [0.5, 0.6) is 0 Å². The first kappa shape index (κ1) is 17.5. The molecule has 1 heterocycles. The highest BCUT2D eigenvalue weighted by molar-refractivity contribution is 5.91. The van der Waals surface area contributed by atoms with Gasteiger partial charge in [-0.2, -0.15) is 0 Å². The molecule has 1 aromatic heterocycles. The molecule has 0 radical (unpaired) electrons. The molecule has 0 spiro atoms. The Morgan fingerprint density at radius 2 is 2.04 bits per heavy atom. The summed E-state index contributed by atoms with van der Waals surface area (Å²) in [4.78, 5) is 29.4. The standard InChI is InChI=1S/C17H23N5O2/c1-21(2)16(23)12-14-6-3-4-7-15(14)20-17(24)19-8-5-10-22-11-9-18-13-22/h3-4,6-7,9,11,13H,5,8,10,12H2,1-2H3,(H2,19,20,24). The van der Waals surface area contributed by atoms with Crippen molar-refractivity contribution in [2.75, 3.05) is 26.0 Å². The largest absolute Gasteiger partial charge is 0.349 e. The second kappa shape index (κ2) is 8.71. The molecule has 0 aliphatic heterocycles. The van der Waals surface area contributed by atoms with E-state index in [0.29, 0.717) is 12.2 Å². The first-order valence-corrected chi connectivity index (χ1v) is 7.85. The van der Waals surface area contributed by atoms with Gasteiger partial charge in [0.05, 0.1) is 12.7 Å². The highest BCUT2D eigenvalue weighted by atomic mass is 16.2. The van der Waals surface area contributed by atoms with Crippen LogP contribution < -0.4 is 10.6 Å². The summed E-state index contributed by atoms with van der Waals surface area (Å²) >= 11 is 0. The molecule has 0 fully saturated rings. The number of likely N-dealkylation sites (N-methyl/N-ethyl adjacent to an activating group) is 1. The quantitative estimate of drug-likeness (QED) is 0.759. The zero-order valence-corrected chi connectivity index (χ0v) is 14.0. The van der Waals surface area contributed by atoms with E-state index in [4.69, 9.17) is 0 Å². The van der Waals surface area contributed by atoms with Crippen molar-refractivity contribution in [3.05, 3.63) is 48.5 Å². The van der Waals surface area contributed by atoms with Crippen LogP contribution >= 0.6 is 0 Å². The molecule has 0 aliphatic carbocycles. The Morgan fingerprint density at radius 3 is 2.75 bits per heavy atom. The van der Waals surface area contributed by atoms with Crippen molar-refractivity contribution in [3.63, 3.8) is 0 Å². The summed E-state index contributed by atoms with van der Waals surface area (Å²) in [6, 6.07) is 7.05. The number of carbonyl (C=O) groups excluding carboxylic acids is 2. The zero-order valence-electron chi connectivity index (χ0n) is 14.0. The van der Waals surface area contributed by atoms with Gasteiger partial charge >= 0.3 is 6.03 Å². The maximum Gasteiger partial charge on any atom is 0.319 e. The number of nitrogens with zero attached hydrogens (tertiary/aromatic N) is 3. The Morgan fingerprint density at radius 1 is 1.25 bits per heavy atom. The lowest BCUT2D eigenvalue weighted by molar-refractivity contribution is -0.127. The average molecular weight is 329 g/mol. The molecule has 0 bridgehead atoms. The van der Waals surface area contributed by atoms with Crippen molar-refractivity contribution < 1.29 is 9.59 Å². The van der Waals surface area contributed by atoms with Gasteiger partial charge in [0, 0.05) is 45.3 Å². The van der Waals surface area contributed by atoms with Gasteiger partial charge in [0.2, 0.25) is 5.91 Å². The number of rotatable bonds is 7. The molecule has 7 heteroatoms.